The summed E-state index contributed by atoms with van der Waals surface area (Å²) in [6, 6.07) is 12.0. The lowest BCUT2D eigenvalue weighted by atomic mass is 10.0. The molecule has 2 aromatic heterocycles. The number of nitrogens with zero attached hydrogens (tertiary/aromatic N) is 3. The van der Waals surface area contributed by atoms with Crippen LogP contribution in [0.2, 0.25) is 5.02 Å². The van der Waals surface area contributed by atoms with E-state index in [-0.39, 0.29) is 5.78 Å². The summed E-state index contributed by atoms with van der Waals surface area (Å²) in [7, 11) is 3.78. The van der Waals surface area contributed by atoms with Crippen LogP contribution >= 0.6 is 27.5 Å². The molecule has 1 saturated carbocycles. The summed E-state index contributed by atoms with van der Waals surface area (Å²) in [4.78, 5) is 15.0. The maximum absolute atomic E-state index is 13.2. The molecule has 3 aromatic rings. The summed E-state index contributed by atoms with van der Waals surface area (Å²) in [5, 5.41) is 9.10. The van der Waals surface area contributed by atoms with E-state index in [1.165, 1.54) is 12.8 Å². The number of nitrogens with one attached hydrogen (secondary N) is 1. The molecule has 1 N–H and O–H groups in total. The number of carbonyl (C=O) groups is 1. The van der Waals surface area contributed by atoms with Crippen LogP contribution in [-0.4, -0.2) is 40.4 Å². The fourth-order valence-corrected chi connectivity index (χ4v) is 4.34. The SMILES string of the molecule is CN(C)C=CC(=O)c1c(-c2ccc(Cl)c(Br)c2)nn2c(NC3CCCC3)cccc12. The van der Waals surface area contributed by atoms with Gasteiger partial charge in [-0.3, -0.25) is 4.79 Å². The minimum atomic E-state index is -0.0854. The van der Waals surface area contributed by atoms with Gasteiger partial charge in [-0.05, 0) is 53.0 Å². The van der Waals surface area contributed by atoms with Gasteiger partial charge in [0, 0.05) is 42.4 Å². The van der Waals surface area contributed by atoms with Crippen molar-refractivity contribution in [3.8, 4) is 11.3 Å². The Morgan fingerprint density at radius 3 is 2.73 bits per heavy atom. The number of halogens is 2. The zero-order valence-electron chi connectivity index (χ0n) is 17.0. The topological polar surface area (TPSA) is 49.6 Å². The molecule has 1 aromatic carbocycles. The fraction of sp³-hybridized carbons (Fsp3) is 0.304. The highest BCUT2D eigenvalue weighted by Crippen LogP contribution is 2.33. The molecule has 4 rings (SSSR count). The smallest absolute Gasteiger partial charge is 0.191 e. The monoisotopic (exact) mass is 486 g/mol. The Balaban J connectivity index is 1.88. The Morgan fingerprint density at radius 2 is 2.03 bits per heavy atom. The third-order valence-corrected chi connectivity index (χ3v) is 6.54. The average molecular weight is 488 g/mol. The second kappa shape index (κ2) is 8.82. The van der Waals surface area contributed by atoms with Crippen LogP contribution in [-0.2, 0) is 0 Å². The van der Waals surface area contributed by atoms with Gasteiger partial charge in [0.2, 0.25) is 0 Å². The summed E-state index contributed by atoms with van der Waals surface area (Å²) in [6.45, 7) is 0. The second-order valence-electron chi connectivity index (χ2n) is 7.83. The van der Waals surface area contributed by atoms with Gasteiger partial charge in [-0.1, -0.05) is 36.6 Å². The van der Waals surface area contributed by atoms with E-state index in [2.05, 4.69) is 21.2 Å². The van der Waals surface area contributed by atoms with Gasteiger partial charge in [0.15, 0.2) is 5.78 Å². The molecule has 2 heterocycles. The molecule has 30 heavy (non-hydrogen) atoms. The first kappa shape index (κ1) is 20.9. The van der Waals surface area contributed by atoms with Crippen LogP contribution in [0, 0.1) is 0 Å². The van der Waals surface area contributed by atoms with Gasteiger partial charge < -0.3 is 10.2 Å². The minimum Gasteiger partial charge on any atom is -0.383 e. The van der Waals surface area contributed by atoms with Crippen LogP contribution in [0.4, 0.5) is 5.82 Å². The van der Waals surface area contributed by atoms with Crippen molar-refractivity contribution in [3.63, 3.8) is 0 Å². The van der Waals surface area contributed by atoms with Gasteiger partial charge in [-0.15, -0.1) is 0 Å². The lowest BCUT2D eigenvalue weighted by molar-refractivity contribution is 0.104. The predicted octanol–water partition coefficient (Wildman–Crippen LogP) is 6.03. The third-order valence-electron chi connectivity index (χ3n) is 5.33. The summed E-state index contributed by atoms with van der Waals surface area (Å²) >= 11 is 9.67. The highest BCUT2D eigenvalue weighted by molar-refractivity contribution is 9.10. The van der Waals surface area contributed by atoms with Crippen molar-refractivity contribution in [2.24, 2.45) is 0 Å². The van der Waals surface area contributed by atoms with Gasteiger partial charge in [0.25, 0.3) is 0 Å². The van der Waals surface area contributed by atoms with E-state index < -0.39 is 0 Å². The van der Waals surface area contributed by atoms with Gasteiger partial charge >= 0.3 is 0 Å². The summed E-state index contributed by atoms with van der Waals surface area (Å²) in [6.07, 6.45) is 8.15. The summed E-state index contributed by atoms with van der Waals surface area (Å²) < 4.78 is 2.62. The van der Waals surface area contributed by atoms with Crippen molar-refractivity contribution < 1.29 is 4.79 Å². The van der Waals surface area contributed by atoms with E-state index in [9.17, 15) is 4.79 Å². The molecule has 1 aliphatic carbocycles. The van der Waals surface area contributed by atoms with E-state index in [0.29, 0.717) is 22.3 Å². The molecule has 7 heteroatoms. The first-order valence-electron chi connectivity index (χ1n) is 10.1. The first-order valence-corrected chi connectivity index (χ1v) is 11.2. The van der Waals surface area contributed by atoms with Crippen LogP contribution in [0.5, 0.6) is 0 Å². The van der Waals surface area contributed by atoms with E-state index in [1.54, 1.807) is 12.3 Å². The van der Waals surface area contributed by atoms with Crippen molar-refractivity contribution in [3.05, 3.63) is 63.7 Å². The van der Waals surface area contributed by atoms with Crippen molar-refractivity contribution in [2.45, 2.75) is 31.7 Å². The molecule has 1 fully saturated rings. The van der Waals surface area contributed by atoms with Gasteiger partial charge in [-0.2, -0.15) is 5.10 Å². The Bertz CT molecular complexity index is 1120. The number of ketones is 1. The largest absolute Gasteiger partial charge is 0.383 e. The quantitative estimate of drug-likeness (QED) is 0.341. The number of rotatable bonds is 6. The average Bonchev–Trinajstić information content (AvgIpc) is 3.36. The van der Waals surface area contributed by atoms with Crippen LogP contribution in [0.25, 0.3) is 16.8 Å². The third kappa shape index (κ3) is 4.25. The molecule has 0 aliphatic heterocycles. The lowest BCUT2D eigenvalue weighted by Crippen LogP contribution is -2.17. The highest BCUT2D eigenvalue weighted by Gasteiger charge is 2.22. The summed E-state index contributed by atoms with van der Waals surface area (Å²) in [5.74, 6) is 0.821. The standard InChI is InChI=1S/C23H24BrClN4O/c1-28(2)13-12-20(30)22-19-8-5-9-21(26-16-6-3-4-7-16)29(19)27-23(22)15-10-11-18(25)17(24)14-15/h5,8-14,16,26H,3-4,6-7H2,1-2H3. The molecular formula is C23H24BrClN4O. The second-order valence-corrected chi connectivity index (χ2v) is 9.09. The lowest BCUT2D eigenvalue weighted by Gasteiger charge is -2.14. The van der Waals surface area contributed by atoms with Crippen LogP contribution in [0.3, 0.4) is 0 Å². The number of aromatic nitrogens is 2. The number of carbonyl (C=O) groups excluding carboxylic acids is 1. The van der Waals surface area contributed by atoms with Crippen LogP contribution < -0.4 is 5.32 Å². The fourth-order valence-electron chi connectivity index (χ4n) is 3.85. The number of hydrogen-bond donors (Lipinski definition) is 1. The molecule has 0 bridgehead atoms. The molecule has 0 atom stereocenters. The van der Waals surface area contributed by atoms with E-state index in [4.69, 9.17) is 16.7 Å². The maximum atomic E-state index is 13.2. The molecule has 1 aliphatic rings. The molecule has 5 nitrogen and oxygen atoms in total. The Morgan fingerprint density at radius 1 is 1.27 bits per heavy atom. The van der Waals surface area contributed by atoms with Gasteiger partial charge in [0.1, 0.15) is 11.5 Å². The van der Waals surface area contributed by atoms with Gasteiger partial charge in [-0.25, -0.2) is 4.52 Å². The Hall–Kier alpha value is -2.31. The van der Waals surface area contributed by atoms with Crippen molar-refractivity contribution in [1.29, 1.82) is 0 Å². The molecule has 0 radical (unpaired) electrons. The van der Waals surface area contributed by atoms with Crippen molar-refractivity contribution in [2.75, 3.05) is 19.4 Å². The number of anilines is 1. The molecule has 0 amide bonds. The maximum Gasteiger partial charge on any atom is 0.191 e. The van der Waals surface area contributed by atoms with E-state index >= 15 is 0 Å². The zero-order valence-corrected chi connectivity index (χ0v) is 19.4. The Labute approximate surface area is 189 Å². The van der Waals surface area contributed by atoms with E-state index in [0.717, 1.165) is 34.2 Å². The highest BCUT2D eigenvalue weighted by atomic mass is 79.9. The zero-order chi connectivity index (χ0) is 21.3. The van der Waals surface area contributed by atoms with Crippen molar-refractivity contribution in [1.82, 2.24) is 14.5 Å². The predicted molar refractivity (Wildman–Crippen MR) is 126 cm³/mol. The number of benzene rings is 1. The number of hydrogen-bond acceptors (Lipinski definition) is 4. The minimum absolute atomic E-state index is 0.0854. The molecular weight excluding hydrogens is 464 g/mol. The van der Waals surface area contributed by atoms with Gasteiger partial charge in [0.05, 0.1) is 16.1 Å². The number of fused-ring (bicyclic) bond motifs is 1. The Kier molecular flexibility index (Phi) is 6.16. The van der Waals surface area contributed by atoms with E-state index in [1.807, 2.05) is 59.9 Å². The first-order chi connectivity index (χ1) is 14.4. The number of allylic oxidation sites excluding steroid dienone is 1. The van der Waals surface area contributed by atoms with Crippen LogP contribution in [0.15, 0.2) is 53.1 Å². The van der Waals surface area contributed by atoms with Crippen molar-refractivity contribution >= 4 is 44.6 Å². The molecule has 156 valence electrons. The molecule has 0 spiro atoms. The van der Waals surface area contributed by atoms with Crippen LogP contribution in [0.1, 0.15) is 36.0 Å². The normalized spacial score (nSPS) is 14.7. The number of pyridine rings is 1. The molecule has 0 saturated heterocycles. The molecule has 0 unspecified atom stereocenters. The summed E-state index contributed by atoms with van der Waals surface area (Å²) in [5.41, 5.74) is 2.84.